The zero-order valence-corrected chi connectivity index (χ0v) is 14.1. The van der Waals surface area contributed by atoms with Gasteiger partial charge in [-0.05, 0) is 67.3 Å². The summed E-state index contributed by atoms with van der Waals surface area (Å²) in [6.07, 6.45) is -3.75. The highest BCUT2D eigenvalue weighted by molar-refractivity contribution is 5.44. The van der Waals surface area contributed by atoms with Crippen LogP contribution in [0.3, 0.4) is 0 Å². The van der Waals surface area contributed by atoms with Gasteiger partial charge in [0.25, 0.3) is 0 Å². The first kappa shape index (κ1) is 18.3. The Labute approximate surface area is 140 Å². The number of halogens is 3. The number of ether oxygens (including phenoxy) is 1. The van der Waals surface area contributed by atoms with Crippen LogP contribution in [0.2, 0.25) is 0 Å². The Balaban J connectivity index is 2.28. The molecule has 24 heavy (non-hydrogen) atoms. The Morgan fingerprint density at radius 1 is 1.04 bits per heavy atom. The molecule has 2 aromatic carbocycles. The van der Waals surface area contributed by atoms with Crippen molar-refractivity contribution in [1.29, 1.82) is 0 Å². The van der Waals surface area contributed by atoms with Crippen LogP contribution in [0.25, 0.3) is 0 Å². The second-order valence-electron chi connectivity index (χ2n) is 6.01. The summed E-state index contributed by atoms with van der Waals surface area (Å²) in [6, 6.07) is 9.27. The van der Waals surface area contributed by atoms with Crippen LogP contribution >= 0.6 is 0 Å². The van der Waals surface area contributed by atoms with Gasteiger partial charge in [-0.15, -0.1) is 0 Å². The van der Waals surface area contributed by atoms with Crippen LogP contribution in [0.4, 0.5) is 13.2 Å². The molecular weight excluding hydrogens is 315 g/mol. The van der Waals surface area contributed by atoms with Gasteiger partial charge in [0, 0.05) is 5.92 Å². The van der Waals surface area contributed by atoms with Crippen molar-refractivity contribution in [2.75, 3.05) is 13.7 Å². The molecule has 0 aliphatic rings. The highest BCUT2D eigenvalue weighted by Crippen LogP contribution is 2.33. The van der Waals surface area contributed by atoms with Gasteiger partial charge in [-0.2, -0.15) is 13.2 Å². The number of methoxy groups -OCH3 is 1. The molecule has 0 aromatic heterocycles. The number of hydrogen-bond donors (Lipinski definition) is 1. The van der Waals surface area contributed by atoms with E-state index < -0.39 is 11.7 Å². The Kier molecular flexibility index (Phi) is 5.54. The third-order valence-electron chi connectivity index (χ3n) is 4.33. The first-order valence-corrected chi connectivity index (χ1v) is 7.77. The topological polar surface area (TPSA) is 35.2 Å². The molecule has 2 N–H and O–H groups in total. The van der Waals surface area contributed by atoms with Crippen molar-refractivity contribution in [3.8, 4) is 5.75 Å². The molecule has 0 aliphatic carbocycles. The van der Waals surface area contributed by atoms with Gasteiger partial charge in [0.1, 0.15) is 5.75 Å². The molecule has 0 aliphatic heterocycles. The SMILES string of the molecule is COc1cc(C)c(C)cc1C(CN)Cc1ccc(C(F)(F)F)cc1. The molecule has 0 spiro atoms. The first-order valence-electron chi connectivity index (χ1n) is 7.77. The summed E-state index contributed by atoms with van der Waals surface area (Å²) in [7, 11) is 1.61. The predicted octanol–water partition coefficient (Wildman–Crippen LogP) is 4.62. The van der Waals surface area contributed by atoms with Gasteiger partial charge in [0.15, 0.2) is 0 Å². The number of benzene rings is 2. The third kappa shape index (κ3) is 4.09. The van der Waals surface area contributed by atoms with E-state index in [1.165, 1.54) is 12.1 Å². The van der Waals surface area contributed by atoms with Gasteiger partial charge in [-0.3, -0.25) is 0 Å². The van der Waals surface area contributed by atoms with Crippen LogP contribution in [0.15, 0.2) is 36.4 Å². The maximum atomic E-state index is 12.7. The largest absolute Gasteiger partial charge is 0.496 e. The number of aryl methyl sites for hydroxylation is 2. The van der Waals surface area contributed by atoms with E-state index in [2.05, 4.69) is 6.07 Å². The molecule has 2 nitrogen and oxygen atoms in total. The molecule has 0 amide bonds. The lowest BCUT2D eigenvalue weighted by atomic mass is 9.89. The van der Waals surface area contributed by atoms with Gasteiger partial charge in [0.05, 0.1) is 12.7 Å². The predicted molar refractivity (Wildman–Crippen MR) is 89.4 cm³/mol. The molecule has 1 unspecified atom stereocenters. The van der Waals surface area contributed by atoms with Crippen molar-refractivity contribution in [2.24, 2.45) is 5.73 Å². The minimum atomic E-state index is -4.32. The standard InChI is InChI=1S/C19H22F3NO/c1-12-8-17(18(24-3)9-13(12)2)15(11-23)10-14-4-6-16(7-5-14)19(20,21)22/h4-9,15H,10-11,23H2,1-3H3. The smallest absolute Gasteiger partial charge is 0.416 e. The van der Waals surface area contributed by atoms with Crippen LogP contribution in [-0.4, -0.2) is 13.7 Å². The molecular formula is C19H22F3NO. The van der Waals surface area contributed by atoms with E-state index in [1.54, 1.807) is 7.11 Å². The normalized spacial score (nSPS) is 13.0. The van der Waals surface area contributed by atoms with Crippen LogP contribution in [-0.2, 0) is 12.6 Å². The van der Waals surface area contributed by atoms with Gasteiger partial charge in [0.2, 0.25) is 0 Å². The minimum absolute atomic E-state index is 0.0176. The summed E-state index contributed by atoms with van der Waals surface area (Å²) in [5.74, 6) is 0.747. The molecule has 2 aromatic rings. The van der Waals surface area contributed by atoms with Gasteiger partial charge >= 0.3 is 6.18 Å². The second-order valence-corrected chi connectivity index (χ2v) is 6.01. The average molecular weight is 337 g/mol. The third-order valence-corrected chi connectivity index (χ3v) is 4.33. The summed E-state index contributed by atoms with van der Waals surface area (Å²) in [4.78, 5) is 0. The van der Waals surface area contributed by atoms with E-state index >= 15 is 0 Å². The quantitative estimate of drug-likeness (QED) is 0.864. The number of hydrogen-bond acceptors (Lipinski definition) is 2. The molecule has 0 radical (unpaired) electrons. The molecule has 5 heteroatoms. The molecule has 2 rings (SSSR count). The van der Waals surface area contributed by atoms with Crippen molar-refractivity contribution in [2.45, 2.75) is 32.4 Å². The van der Waals surface area contributed by atoms with Crippen LogP contribution in [0.5, 0.6) is 5.75 Å². The van der Waals surface area contributed by atoms with E-state index in [-0.39, 0.29) is 5.92 Å². The lowest BCUT2D eigenvalue weighted by molar-refractivity contribution is -0.137. The van der Waals surface area contributed by atoms with Crippen LogP contribution in [0, 0.1) is 13.8 Å². The molecule has 130 valence electrons. The van der Waals surface area contributed by atoms with Crippen molar-refractivity contribution in [1.82, 2.24) is 0 Å². The van der Waals surface area contributed by atoms with Crippen LogP contribution in [0.1, 0.15) is 33.7 Å². The van der Waals surface area contributed by atoms with Crippen molar-refractivity contribution >= 4 is 0 Å². The fourth-order valence-electron chi connectivity index (χ4n) is 2.74. The summed E-state index contributed by atoms with van der Waals surface area (Å²) in [5.41, 5.74) is 9.36. The van der Waals surface area contributed by atoms with E-state index in [9.17, 15) is 13.2 Å². The molecule has 0 fully saturated rings. The molecule has 0 saturated carbocycles. The Hall–Kier alpha value is -2.01. The zero-order chi connectivity index (χ0) is 17.9. The highest BCUT2D eigenvalue weighted by atomic mass is 19.4. The maximum Gasteiger partial charge on any atom is 0.416 e. The highest BCUT2D eigenvalue weighted by Gasteiger charge is 2.30. The lowest BCUT2D eigenvalue weighted by Crippen LogP contribution is -2.16. The summed E-state index contributed by atoms with van der Waals surface area (Å²) in [5, 5.41) is 0. The number of alkyl halides is 3. The average Bonchev–Trinajstić information content (AvgIpc) is 2.54. The summed E-state index contributed by atoms with van der Waals surface area (Å²) < 4.78 is 43.4. The lowest BCUT2D eigenvalue weighted by Gasteiger charge is -2.20. The Bertz CT molecular complexity index is 693. The summed E-state index contributed by atoms with van der Waals surface area (Å²) in [6.45, 7) is 4.42. The Morgan fingerprint density at radius 3 is 2.12 bits per heavy atom. The molecule has 0 heterocycles. The van der Waals surface area contributed by atoms with Crippen molar-refractivity contribution < 1.29 is 17.9 Å². The van der Waals surface area contributed by atoms with Gasteiger partial charge in [-0.1, -0.05) is 18.2 Å². The van der Waals surface area contributed by atoms with E-state index in [0.29, 0.717) is 13.0 Å². The number of nitrogens with two attached hydrogens (primary N) is 1. The van der Waals surface area contributed by atoms with E-state index in [1.807, 2.05) is 19.9 Å². The van der Waals surface area contributed by atoms with E-state index in [0.717, 1.165) is 40.1 Å². The van der Waals surface area contributed by atoms with Gasteiger partial charge in [-0.25, -0.2) is 0 Å². The summed E-state index contributed by atoms with van der Waals surface area (Å²) >= 11 is 0. The molecule has 1 atom stereocenters. The maximum absolute atomic E-state index is 12.7. The molecule has 0 saturated heterocycles. The second kappa shape index (κ2) is 7.26. The number of rotatable bonds is 5. The van der Waals surface area contributed by atoms with Gasteiger partial charge < -0.3 is 10.5 Å². The Morgan fingerprint density at radius 2 is 1.62 bits per heavy atom. The fourth-order valence-corrected chi connectivity index (χ4v) is 2.74. The van der Waals surface area contributed by atoms with Crippen LogP contribution < -0.4 is 10.5 Å². The monoisotopic (exact) mass is 337 g/mol. The first-order chi connectivity index (χ1) is 11.3. The minimum Gasteiger partial charge on any atom is -0.496 e. The van der Waals surface area contributed by atoms with Crippen molar-refractivity contribution in [3.63, 3.8) is 0 Å². The fraction of sp³-hybridized carbons (Fsp3) is 0.368. The molecule has 0 bridgehead atoms. The van der Waals surface area contributed by atoms with Crippen molar-refractivity contribution in [3.05, 3.63) is 64.2 Å². The van der Waals surface area contributed by atoms with E-state index in [4.69, 9.17) is 10.5 Å². The zero-order valence-electron chi connectivity index (χ0n) is 14.1.